The Morgan fingerprint density at radius 1 is 1.08 bits per heavy atom. The SMILES string of the molecule is Cl.Cl.c1cn(CCCOc2ccc(CN3C[C@H]4CNC[C@H]4C3)cc2)cn1. The van der Waals surface area contributed by atoms with Crippen molar-refractivity contribution in [2.45, 2.75) is 19.5 Å². The molecule has 0 spiro atoms. The average molecular weight is 399 g/mol. The zero-order valence-corrected chi connectivity index (χ0v) is 16.6. The van der Waals surface area contributed by atoms with E-state index in [-0.39, 0.29) is 24.8 Å². The molecule has 0 unspecified atom stereocenters. The van der Waals surface area contributed by atoms with Gasteiger partial charge in [0.15, 0.2) is 0 Å². The molecule has 5 nitrogen and oxygen atoms in total. The van der Waals surface area contributed by atoms with Gasteiger partial charge >= 0.3 is 0 Å². The summed E-state index contributed by atoms with van der Waals surface area (Å²) in [5, 5.41) is 3.50. The summed E-state index contributed by atoms with van der Waals surface area (Å²) in [6.07, 6.45) is 6.63. The van der Waals surface area contributed by atoms with Crippen molar-refractivity contribution in [3.8, 4) is 5.75 Å². The van der Waals surface area contributed by atoms with E-state index in [4.69, 9.17) is 4.74 Å². The molecule has 1 N–H and O–H groups in total. The maximum Gasteiger partial charge on any atom is 0.119 e. The van der Waals surface area contributed by atoms with Crippen LogP contribution in [0.5, 0.6) is 5.75 Å². The molecular weight excluding hydrogens is 371 g/mol. The van der Waals surface area contributed by atoms with Crippen molar-refractivity contribution in [2.75, 3.05) is 32.8 Å². The van der Waals surface area contributed by atoms with E-state index in [1.54, 1.807) is 0 Å². The molecule has 0 saturated carbocycles. The Kier molecular flexibility index (Phi) is 8.22. The maximum atomic E-state index is 5.83. The molecule has 0 aliphatic carbocycles. The Morgan fingerprint density at radius 2 is 1.81 bits per heavy atom. The minimum atomic E-state index is 0. The summed E-state index contributed by atoms with van der Waals surface area (Å²) in [5.74, 6) is 2.69. The van der Waals surface area contributed by atoms with Crippen molar-refractivity contribution in [3.63, 3.8) is 0 Å². The number of aryl methyl sites for hydroxylation is 1. The number of hydrogen-bond acceptors (Lipinski definition) is 4. The second-order valence-electron chi connectivity index (χ2n) is 7.02. The first kappa shape index (κ1) is 21.0. The van der Waals surface area contributed by atoms with Gasteiger partial charge in [0.1, 0.15) is 5.75 Å². The largest absolute Gasteiger partial charge is 0.494 e. The van der Waals surface area contributed by atoms with Crippen LogP contribution in [-0.2, 0) is 13.1 Å². The van der Waals surface area contributed by atoms with Crippen LogP contribution in [0.2, 0.25) is 0 Å². The molecule has 26 heavy (non-hydrogen) atoms. The fourth-order valence-electron chi connectivity index (χ4n) is 3.89. The molecule has 2 atom stereocenters. The van der Waals surface area contributed by atoms with E-state index in [1.807, 2.05) is 18.7 Å². The van der Waals surface area contributed by atoms with E-state index >= 15 is 0 Å². The van der Waals surface area contributed by atoms with E-state index in [9.17, 15) is 0 Å². The molecular formula is C19H28Cl2N4O. The molecule has 2 aliphatic rings. The second-order valence-corrected chi connectivity index (χ2v) is 7.02. The molecule has 0 amide bonds. The van der Waals surface area contributed by atoms with Gasteiger partial charge < -0.3 is 14.6 Å². The number of nitrogens with zero attached hydrogens (tertiary/aromatic N) is 3. The highest BCUT2D eigenvalue weighted by Crippen LogP contribution is 2.27. The lowest BCUT2D eigenvalue weighted by Crippen LogP contribution is -2.25. The minimum Gasteiger partial charge on any atom is -0.494 e. The predicted molar refractivity (Wildman–Crippen MR) is 108 cm³/mol. The molecule has 4 rings (SSSR count). The average Bonchev–Trinajstić information content (AvgIpc) is 3.30. The summed E-state index contributed by atoms with van der Waals surface area (Å²) in [7, 11) is 0. The standard InChI is InChI=1S/C19H26N4O.2ClH/c1(7-22-8-6-20-15-22)9-24-19-4-2-16(3-5-19)12-23-13-17-10-21-11-18(17)14-23;;/h2-6,8,15,17-18,21H,1,7,9-14H2;2*1H/t17-,18+;;. The Balaban J connectivity index is 0.00000121. The molecule has 1 aromatic heterocycles. The summed E-state index contributed by atoms with van der Waals surface area (Å²) in [5.41, 5.74) is 1.38. The van der Waals surface area contributed by atoms with Crippen LogP contribution in [0, 0.1) is 11.8 Å². The Hall–Kier alpha value is -1.27. The number of imidazole rings is 1. The topological polar surface area (TPSA) is 42.3 Å². The van der Waals surface area contributed by atoms with Gasteiger partial charge in [-0.3, -0.25) is 4.90 Å². The van der Waals surface area contributed by atoms with Crippen molar-refractivity contribution in [3.05, 3.63) is 48.5 Å². The van der Waals surface area contributed by atoms with Gasteiger partial charge in [0, 0.05) is 38.6 Å². The summed E-state index contributed by atoms with van der Waals surface area (Å²) in [6, 6.07) is 8.62. The van der Waals surface area contributed by atoms with E-state index in [0.29, 0.717) is 0 Å². The fraction of sp³-hybridized carbons (Fsp3) is 0.526. The van der Waals surface area contributed by atoms with Crippen LogP contribution in [0.1, 0.15) is 12.0 Å². The Labute approximate surface area is 167 Å². The summed E-state index contributed by atoms with van der Waals surface area (Å²) < 4.78 is 7.91. The van der Waals surface area contributed by atoms with Gasteiger partial charge in [0.05, 0.1) is 12.9 Å². The van der Waals surface area contributed by atoms with Crippen molar-refractivity contribution in [2.24, 2.45) is 11.8 Å². The van der Waals surface area contributed by atoms with Crippen LogP contribution in [0.3, 0.4) is 0 Å². The fourth-order valence-corrected chi connectivity index (χ4v) is 3.89. The summed E-state index contributed by atoms with van der Waals surface area (Å²) >= 11 is 0. The molecule has 1 aromatic carbocycles. The molecule has 7 heteroatoms. The van der Waals surface area contributed by atoms with Crippen LogP contribution < -0.4 is 10.1 Å². The van der Waals surface area contributed by atoms with Crippen LogP contribution in [0.15, 0.2) is 43.0 Å². The van der Waals surface area contributed by atoms with Crippen molar-refractivity contribution in [1.29, 1.82) is 0 Å². The number of likely N-dealkylation sites (tertiary alicyclic amines) is 1. The summed E-state index contributed by atoms with van der Waals surface area (Å²) in [6.45, 7) is 7.63. The number of nitrogens with one attached hydrogen (secondary N) is 1. The molecule has 0 bridgehead atoms. The lowest BCUT2D eigenvalue weighted by atomic mass is 10.0. The molecule has 2 aliphatic heterocycles. The highest BCUT2D eigenvalue weighted by Gasteiger charge is 2.35. The third kappa shape index (κ3) is 5.36. The highest BCUT2D eigenvalue weighted by atomic mass is 35.5. The Morgan fingerprint density at radius 3 is 2.46 bits per heavy atom. The maximum absolute atomic E-state index is 5.83. The van der Waals surface area contributed by atoms with Crippen molar-refractivity contribution in [1.82, 2.24) is 19.8 Å². The van der Waals surface area contributed by atoms with E-state index in [1.165, 1.54) is 31.7 Å². The number of rotatable bonds is 7. The van der Waals surface area contributed by atoms with E-state index in [2.05, 4.69) is 44.0 Å². The van der Waals surface area contributed by atoms with Gasteiger partial charge in [-0.15, -0.1) is 24.8 Å². The molecule has 0 radical (unpaired) electrons. The van der Waals surface area contributed by atoms with Gasteiger partial charge in [-0.1, -0.05) is 12.1 Å². The molecule has 3 heterocycles. The van der Waals surface area contributed by atoms with Gasteiger partial charge in [0.25, 0.3) is 0 Å². The monoisotopic (exact) mass is 398 g/mol. The first-order valence-corrected chi connectivity index (χ1v) is 8.97. The first-order chi connectivity index (χ1) is 11.9. The number of fused-ring (bicyclic) bond motifs is 1. The predicted octanol–water partition coefficient (Wildman–Crippen LogP) is 2.85. The third-order valence-corrected chi connectivity index (χ3v) is 5.18. The van der Waals surface area contributed by atoms with Gasteiger partial charge in [-0.25, -0.2) is 4.98 Å². The number of ether oxygens (including phenoxy) is 1. The van der Waals surface area contributed by atoms with Gasteiger partial charge in [-0.05, 0) is 49.0 Å². The smallest absolute Gasteiger partial charge is 0.119 e. The lowest BCUT2D eigenvalue weighted by molar-refractivity contribution is 0.299. The zero-order chi connectivity index (χ0) is 16.2. The second kappa shape index (κ2) is 10.2. The molecule has 2 saturated heterocycles. The van der Waals surface area contributed by atoms with Crippen LogP contribution in [0.4, 0.5) is 0 Å². The van der Waals surface area contributed by atoms with Crippen LogP contribution in [0.25, 0.3) is 0 Å². The third-order valence-electron chi connectivity index (χ3n) is 5.18. The van der Waals surface area contributed by atoms with Gasteiger partial charge in [-0.2, -0.15) is 0 Å². The quantitative estimate of drug-likeness (QED) is 0.728. The molecule has 2 fully saturated rings. The summed E-state index contributed by atoms with van der Waals surface area (Å²) in [4.78, 5) is 6.64. The lowest BCUT2D eigenvalue weighted by Gasteiger charge is -2.17. The van der Waals surface area contributed by atoms with E-state index in [0.717, 1.165) is 43.7 Å². The van der Waals surface area contributed by atoms with Crippen molar-refractivity contribution >= 4 is 24.8 Å². The number of benzene rings is 1. The minimum absolute atomic E-state index is 0. The zero-order valence-electron chi connectivity index (χ0n) is 14.9. The van der Waals surface area contributed by atoms with Gasteiger partial charge in [0.2, 0.25) is 0 Å². The molecule has 144 valence electrons. The number of halogens is 2. The highest BCUT2D eigenvalue weighted by molar-refractivity contribution is 5.85. The van der Waals surface area contributed by atoms with E-state index < -0.39 is 0 Å². The van der Waals surface area contributed by atoms with Crippen LogP contribution in [-0.4, -0.2) is 47.2 Å². The van der Waals surface area contributed by atoms with Crippen LogP contribution >= 0.6 is 24.8 Å². The van der Waals surface area contributed by atoms with Crippen molar-refractivity contribution < 1.29 is 4.74 Å². The Bertz CT molecular complexity index is 623. The number of aromatic nitrogens is 2. The number of hydrogen-bond donors (Lipinski definition) is 1. The first-order valence-electron chi connectivity index (χ1n) is 8.97. The molecule has 2 aromatic rings. The normalized spacial score (nSPS) is 21.7.